The van der Waals surface area contributed by atoms with Crippen LogP contribution in [0, 0.1) is 5.41 Å². The number of anilines is 2. The van der Waals surface area contributed by atoms with Gasteiger partial charge in [-0.05, 0) is 30.7 Å². The maximum Gasteiger partial charge on any atom is 0.405 e. The fourth-order valence-electron chi connectivity index (χ4n) is 5.24. The average molecular weight is 467 g/mol. The molecule has 2 aliphatic rings. The second-order valence-corrected chi connectivity index (χ2v) is 10.3. The summed E-state index contributed by atoms with van der Waals surface area (Å²) >= 11 is 0. The fourth-order valence-corrected chi connectivity index (χ4v) is 5.24. The predicted octanol–water partition coefficient (Wildman–Crippen LogP) is 4.40. The van der Waals surface area contributed by atoms with Gasteiger partial charge in [0.25, 0.3) is 0 Å². The summed E-state index contributed by atoms with van der Waals surface area (Å²) in [6.07, 6.45) is 9.06. The van der Waals surface area contributed by atoms with Crippen molar-refractivity contribution in [2.45, 2.75) is 77.9 Å². The van der Waals surface area contributed by atoms with Gasteiger partial charge in [0.05, 0.1) is 12.2 Å². The smallest absolute Gasteiger partial charge is 0.405 e. The first kappa shape index (κ1) is 23.9. The van der Waals surface area contributed by atoms with Gasteiger partial charge in [0.2, 0.25) is 5.91 Å². The van der Waals surface area contributed by atoms with Crippen molar-refractivity contribution < 1.29 is 14.7 Å². The number of pyridine rings is 1. The molecule has 0 aromatic carbocycles. The molecule has 1 aliphatic heterocycles. The van der Waals surface area contributed by atoms with Gasteiger partial charge in [-0.25, -0.2) is 14.8 Å². The third-order valence-corrected chi connectivity index (χ3v) is 6.95. The highest BCUT2D eigenvalue weighted by Crippen LogP contribution is 2.42. The summed E-state index contributed by atoms with van der Waals surface area (Å²) in [7, 11) is 1.78. The molecule has 34 heavy (non-hydrogen) atoms. The molecule has 1 fully saturated rings. The van der Waals surface area contributed by atoms with Crippen LogP contribution < -0.4 is 15.1 Å². The van der Waals surface area contributed by atoms with Crippen LogP contribution in [0.3, 0.4) is 0 Å². The second-order valence-electron chi connectivity index (χ2n) is 10.3. The van der Waals surface area contributed by atoms with Gasteiger partial charge in [0.15, 0.2) is 11.6 Å². The van der Waals surface area contributed by atoms with E-state index in [2.05, 4.69) is 20.2 Å². The Labute approximate surface area is 200 Å². The average Bonchev–Trinajstić information content (AvgIpc) is 3.33. The Morgan fingerprint density at radius 1 is 1.26 bits per heavy atom. The Kier molecular flexibility index (Phi) is 6.47. The van der Waals surface area contributed by atoms with E-state index in [1.165, 1.54) is 0 Å². The highest BCUT2D eigenvalue weighted by atomic mass is 16.4. The van der Waals surface area contributed by atoms with Gasteiger partial charge in [0.1, 0.15) is 11.7 Å². The molecular formula is C25H34N6O3. The SMILES string of the molecule is CCC1C(=O)N(C)c2cnc(-c3ccncc3C(NC(=O)O)C(C)(C)C)nc2N1C1CCCC1. The molecule has 182 valence electrons. The first-order valence-electron chi connectivity index (χ1n) is 12.0. The molecule has 0 spiro atoms. The van der Waals surface area contributed by atoms with Crippen LogP contribution >= 0.6 is 0 Å². The van der Waals surface area contributed by atoms with Crippen LogP contribution in [0.4, 0.5) is 16.3 Å². The summed E-state index contributed by atoms with van der Waals surface area (Å²) in [6.45, 7) is 7.98. The maximum atomic E-state index is 13.2. The Morgan fingerprint density at radius 2 is 1.97 bits per heavy atom. The van der Waals surface area contributed by atoms with E-state index in [0.717, 1.165) is 42.6 Å². The molecule has 1 aliphatic carbocycles. The van der Waals surface area contributed by atoms with Crippen LogP contribution in [0.15, 0.2) is 24.7 Å². The Morgan fingerprint density at radius 3 is 2.59 bits per heavy atom. The number of nitrogens with one attached hydrogen (secondary N) is 1. The molecular weight excluding hydrogens is 432 g/mol. The van der Waals surface area contributed by atoms with Crippen molar-refractivity contribution in [2.75, 3.05) is 16.8 Å². The molecule has 4 rings (SSSR count). The van der Waals surface area contributed by atoms with E-state index in [1.54, 1.807) is 30.5 Å². The van der Waals surface area contributed by atoms with Gasteiger partial charge in [-0.2, -0.15) is 0 Å². The summed E-state index contributed by atoms with van der Waals surface area (Å²) in [4.78, 5) is 42.5. The zero-order valence-electron chi connectivity index (χ0n) is 20.6. The molecule has 2 amide bonds. The van der Waals surface area contributed by atoms with E-state index in [9.17, 15) is 14.7 Å². The maximum absolute atomic E-state index is 13.2. The highest BCUT2D eigenvalue weighted by Gasteiger charge is 2.41. The molecule has 9 heteroatoms. The van der Waals surface area contributed by atoms with Crippen LogP contribution in [-0.2, 0) is 4.79 Å². The van der Waals surface area contributed by atoms with E-state index in [1.807, 2.05) is 33.8 Å². The van der Waals surface area contributed by atoms with Crippen LogP contribution in [0.1, 0.15) is 71.4 Å². The number of hydrogen-bond donors (Lipinski definition) is 2. The number of amides is 2. The molecule has 2 aromatic heterocycles. The Balaban J connectivity index is 1.86. The minimum atomic E-state index is -1.10. The largest absolute Gasteiger partial charge is 0.465 e. The molecule has 3 heterocycles. The quantitative estimate of drug-likeness (QED) is 0.672. The van der Waals surface area contributed by atoms with E-state index in [0.29, 0.717) is 17.9 Å². The fraction of sp³-hybridized carbons (Fsp3) is 0.560. The van der Waals surface area contributed by atoms with Crippen molar-refractivity contribution in [3.8, 4) is 11.4 Å². The van der Waals surface area contributed by atoms with E-state index in [4.69, 9.17) is 4.98 Å². The topological polar surface area (TPSA) is 112 Å². The van der Waals surface area contributed by atoms with E-state index < -0.39 is 17.6 Å². The van der Waals surface area contributed by atoms with Gasteiger partial charge in [0, 0.05) is 36.6 Å². The molecule has 9 nitrogen and oxygen atoms in total. The van der Waals surface area contributed by atoms with E-state index in [-0.39, 0.29) is 18.0 Å². The monoisotopic (exact) mass is 466 g/mol. The van der Waals surface area contributed by atoms with Crippen molar-refractivity contribution in [3.63, 3.8) is 0 Å². The predicted molar refractivity (Wildman–Crippen MR) is 131 cm³/mol. The minimum Gasteiger partial charge on any atom is -0.465 e. The number of carbonyl (C=O) groups excluding carboxylic acids is 1. The summed E-state index contributed by atoms with van der Waals surface area (Å²) in [5.41, 5.74) is 1.75. The zero-order valence-corrected chi connectivity index (χ0v) is 20.6. The summed E-state index contributed by atoms with van der Waals surface area (Å²) < 4.78 is 0. The Hall–Kier alpha value is -3.23. The van der Waals surface area contributed by atoms with Crippen molar-refractivity contribution >= 4 is 23.5 Å². The van der Waals surface area contributed by atoms with Crippen molar-refractivity contribution in [1.29, 1.82) is 0 Å². The number of nitrogens with zero attached hydrogens (tertiary/aromatic N) is 5. The third-order valence-electron chi connectivity index (χ3n) is 6.95. The number of hydrogen-bond acceptors (Lipinski definition) is 6. The molecule has 0 saturated heterocycles. The van der Waals surface area contributed by atoms with Crippen molar-refractivity contribution in [1.82, 2.24) is 20.3 Å². The molecule has 0 radical (unpaired) electrons. The van der Waals surface area contributed by atoms with Crippen molar-refractivity contribution in [2.24, 2.45) is 5.41 Å². The molecule has 1 saturated carbocycles. The van der Waals surface area contributed by atoms with E-state index >= 15 is 0 Å². The number of fused-ring (bicyclic) bond motifs is 1. The van der Waals surface area contributed by atoms with Gasteiger partial charge in [-0.3, -0.25) is 9.78 Å². The molecule has 2 aromatic rings. The molecule has 2 unspecified atom stereocenters. The zero-order chi connectivity index (χ0) is 24.6. The minimum absolute atomic E-state index is 0.0707. The standard InChI is InChI=1S/C25H34N6O3/c1-6-18-23(32)30(5)19-14-27-21(29-22(19)31(18)15-9-7-8-10-15)16-11-12-26-13-17(16)20(25(2,3)4)28-24(33)34/h11-15,18,20,28H,6-10H2,1-5H3,(H,33,34). The second kappa shape index (κ2) is 9.19. The molecule has 2 N–H and O–H groups in total. The van der Waals surface area contributed by atoms with Gasteiger partial charge >= 0.3 is 6.09 Å². The lowest BCUT2D eigenvalue weighted by Gasteiger charge is -2.43. The van der Waals surface area contributed by atoms with Crippen LogP contribution in [0.5, 0.6) is 0 Å². The number of carboxylic acid groups (broad SMARTS) is 1. The van der Waals surface area contributed by atoms with Crippen molar-refractivity contribution in [3.05, 3.63) is 30.2 Å². The lowest BCUT2D eigenvalue weighted by Crippen LogP contribution is -2.55. The highest BCUT2D eigenvalue weighted by molar-refractivity contribution is 6.04. The lowest BCUT2D eigenvalue weighted by atomic mass is 9.81. The molecule has 2 atom stereocenters. The number of rotatable bonds is 5. The summed E-state index contributed by atoms with van der Waals surface area (Å²) in [5, 5.41) is 12.1. The number of aromatic nitrogens is 3. The van der Waals surface area contributed by atoms with Gasteiger partial charge < -0.3 is 20.2 Å². The normalized spacial score (nSPS) is 19.8. The Bertz CT molecular complexity index is 1080. The summed E-state index contributed by atoms with van der Waals surface area (Å²) in [6, 6.07) is 1.34. The lowest BCUT2D eigenvalue weighted by molar-refractivity contribution is -0.120. The summed E-state index contributed by atoms with van der Waals surface area (Å²) in [5.74, 6) is 1.34. The molecule has 0 bridgehead atoms. The first-order valence-corrected chi connectivity index (χ1v) is 12.0. The van der Waals surface area contributed by atoms with Gasteiger partial charge in [-0.1, -0.05) is 40.5 Å². The number of carbonyl (C=O) groups is 2. The van der Waals surface area contributed by atoms with Crippen LogP contribution in [0.25, 0.3) is 11.4 Å². The van der Waals surface area contributed by atoms with Crippen LogP contribution in [-0.4, -0.2) is 51.2 Å². The van der Waals surface area contributed by atoms with Gasteiger partial charge in [-0.15, -0.1) is 0 Å². The first-order chi connectivity index (χ1) is 16.1. The number of likely N-dealkylation sites (N-methyl/N-ethyl adjacent to an activating group) is 1. The third kappa shape index (κ3) is 4.31. The van der Waals surface area contributed by atoms with Crippen LogP contribution in [0.2, 0.25) is 0 Å².